The molecule has 0 aromatic heterocycles. The number of anilines is 1. The minimum absolute atomic E-state index is 0.388. The summed E-state index contributed by atoms with van der Waals surface area (Å²) < 4.78 is 16.1. The first-order chi connectivity index (χ1) is 17.6. The minimum Gasteiger partial charge on any atom is -0.494 e. The summed E-state index contributed by atoms with van der Waals surface area (Å²) in [5.74, 6) is 0.319. The Morgan fingerprint density at radius 1 is 0.806 bits per heavy atom. The van der Waals surface area contributed by atoms with Crippen molar-refractivity contribution in [3.8, 4) is 11.5 Å². The molecule has 0 spiro atoms. The predicted molar refractivity (Wildman–Crippen MR) is 141 cm³/mol. The van der Waals surface area contributed by atoms with Gasteiger partial charge >= 0.3 is 11.9 Å². The Morgan fingerprint density at radius 3 is 2.17 bits per heavy atom. The lowest BCUT2D eigenvalue weighted by Gasteiger charge is -2.08. The van der Waals surface area contributed by atoms with Gasteiger partial charge in [-0.05, 0) is 91.9 Å². The lowest BCUT2D eigenvalue weighted by Crippen LogP contribution is -2.08. The van der Waals surface area contributed by atoms with Gasteiger partial charge in [0, 0.05) is 6.08 Å². The smallest absolute Gasteiger partial charge is 0.343 e. The minimum atomic E-state index is -0.439. The van der Waals surface area contributed by atoms with Crippen LogP contribution in [0.4, 0.5) is 5.69 Å². The van der Waals surface area contributed by atoms with E-state index in [9.17, 15) is 9.59 Å². The number of benzene rings is 3. The summed E-state index contributed by atoms with van der Waals surface area (Å²) >= 11 is 0. The molecule has 0 heterocycles. The van der Waals surface area contributed by atoms with Gasteiger partial charge in [0.1, 0.15) is 11.5 Å². The van der Waals surface area contributed by atoms with Gasteiger partial charge in [0.05, 0.1) is 30.7 Å². The molecule has 0 saturated carbocycles. The quantitative estimate of drug-likeness (QED) is 0.0749. The third-order valence-electron chi connectivity index (χ3n) is 5.08. The van der Waals surface area contributed by atoms with Crippen LogP contribution in [0.2, 0.25) is 0 Å². The molecule has 7 heteroatoms. The summed E-state index contributed by atoms with van der Waals surface area (Å²) in [6.45, 7) is 4.35. The van der Waals surface area contributed by atoms with Crippen LogP contribution in [0.15, 0.2) is 96.6 Å². The third kappa shape index (κ3) is 9.46. The molecule has 0 unspecified atom stereocenters. The Bertz CT molecular complexity index is 1130. The molecule has 3 aromatic carbocycles. The third-order valence-corrected chi connectivity index (χ3v) is 5.08. The van der Waals surface area contributed by atoms with Gasteiger partial charge in [-0.1, -0.05) is 24.8 Å². The highest BCUT2D eigenvalue weighted by atomic mass is 16.5. The monoisotopic (exact) mass is 486 g/mol. The second-order valence-corrected chi connectivity index (χ2v) is 7.85. The number of carbonyl (C=O) groups excluding carboxylic acids is 2. The number of ether oxygens (including phenoxy) is 3. The summed E-state index contributed by atoms with van der Waals surface area (Å²) in [7, 11) is 0. The molecule has 0 aliphatic carbocycles. The van der Waals surface area contributed by atoms with Crippen LogP contribution in [0.1, 0.15) is 41.6 Å². The maximum atomic E-state index is 12.5. The van der Waals surface area contributed by atoms with Crippen LogP contribution in [-0.2, 0) is 9.53 Å². The number of nitrogens with one attached hydrogen (secondary N) is 1. The number of hydrogen-bond donors (Lipinski definition) is 1. The zero-order chi connectivity index (χ0) is 25.4. The van der Waals surface area contributed by atoms with Crippen LogP contribution in [0.5, 0.6) is 11.5 Å². The summed E-state index contributed by atoms with van der Waals surface area (Å²) in [4.78, 5) is 23.4. The number of hydrogen-bond acceptors (Lipinski definition) is 7. The van der Waals surface area contributed by atoms with Crippen molar-refractivity contribution in [3.63, 3.8) is 0 Å². The lowest BCUT2D eigenvalue weighted by atomic mass is 10.2. The van der Waals surface area contributed by atoms with Crippen molar-refractivity contribution in [2.45, 2.75) is 25.7 Å². The Morgan fingerprint density at radius 2 is 1.47 bits per heavy atom. The standard InChI is InChI=1S/C29H30N2O5/c1-2-28(32)35-21-9-4-3-8-20-34-26-18-14-24(15-19-26)29(33)36-27-16-12-23(13-17-27)22-30-31-25-10-6-5-7-11-25/h2,5-7,10-19,22,31H,1,3-4,8-9,20-21H2/b30-22+. The average molecular weight is 487 g/mol. The van der Waals surface area contributed by atoms with Gasteiger partial charge < -0.3 is 14.2 Å². The molecule has 0 aliphatic heterocycles. The highest BCUT2D eigenvalue weighted by Gasteiger charge is 2.09. The van der Waals surface area contributed by atoms with Gasteiger partial charge in [-0.15, -0.1) is 0 Å². The molecule has 0 amide bonds. The molecule has 1 N–H and O–H groups in total. The lowest BCUT2D eigenvalue weighted by molar-refractivity contribution is -0.137. The van der Waals surface area contributed by atoms with E-state index in [0.717, 1.165) is 36.9 Å². The van der Waals surface area contributed by atoms with Gasteiger partial charge in [-0.3, -0.25) is 5.43 Å². The van der Waals surface area contributed by atoms with E-state index in [2.05, 4.69) is 17.1 Å². The Hall–Kier alpha value is -4.39. The van der Waals surface area contributed by atoms with E-state index < -0.39 is 5.97 Å². The van der Waals surface area contributed by atoms with Crippen molar-refractivity contribution in [2.75, 3.05) is 18.6 Å². The SMILES string of the molecule is C=CC(=O)OCCCCCCOc1ccc(C(=O)Oc2ccc(/C=N/Nc3ccccc3)cc2)cc1. The Labute approximate surface area is 211 Å². The van der Waals surface area contributed by atoms with Gasteiger partial charge in [0.2, 0.25) is 0 Å². The second kappa shape index (κ2) is 14.8. The van der Waals surface area contributed by atoms with E-state index >= 15 is 0 Å². The predicted octanol–water partition coefficient (Wildman–Crippen LogP) is 6.02. The highest BCUT2D eigenvalue weighted by molar-refractivity contribution is 5.91. The molecule has 3 rings (SSSR count). The van der Waals surface area contributed by atoms with E-state index in [4.69, 9.17) is 14.2 Å². The summed E-state index contributed by atoms with van der Waals surface area (Å²) in [6.07, 6.45) is 6.50. The van der Waals surface area contributed by atoms with Crippen LogP contribution in [0, 0.1) is 0 Å². The summed E-state index contributed by atoms with van der Waals surface area (Å²) in [5.41, 5.74) is 5.16. The maximum Gasteiger partial charge on any atom is 0.343 e. The number of para-hydroxylation sites is 1. The van der Waals surface area contributed by atoms with Crippen LogP contribution >= 0.6 is 0 Å². The topological polar surface area (TPSA) is 86.2 Å². The van der Waals surface area contributed by atoms with Gasteiger partial charge in [0.15, 0.2) is 0 Å². The van der Waals surface area contributed by atoms with Crippen LogP contribution in [-0.4, -0.2) is 31.4 Å². The molecule has 3 aromatic rings. The molecule has 0 saturated heterocycles. The van der Waals surface area contributed by atoms with Crippen LogP contribution in [0.3, 0.4) is 0 Å². The molecule has 36 heavy (non-hydrogen) atoms. The molecule has 7 nitrogen and oxygen atoms in total. The first kappa shape index (κ1) is 26.2. The molecule has 0 aliphatic rings. The van der Waals surface area contributed by atoms with E-state index in [1.54, 1.807) is 42.6 Å². The van der Waals surface area contributed by atoms with Crippen LogP contribution < -0.4 is 14.9 Å². The van der Waals surface area contributed by atoms with Gasteiger partial charge in [-0.2, -0.15) is 5.10 Å². The number of esters is 2. The fraction of sp³-hybridized carbons (Fsp3) is 0.207. The fourth-order valence-corrected chi connectivity index (χ4v) is 3.15. The zero-order valence-electron chi connectivity index (χ0n) is 20.1. The number of unbranched alkanes of at least 4 members (excludes halogenated alkanes) is 3. The molecule has 0 radical (unpaired) electrons. The summed E-state index contributed by atoms with van der Waals surface area (Å²) in [5, 5.41) is 4.20. The van der Waals surface area contributed by atoms with E-state index in [1.165, 1.54) is 6.08 Å². The second-order valence-electron chi connectivity index (χ2n) is 7.85. The van der Waals surface area contributed by atoms with Gasteiger partial charge in [0.25, 0.3) is 0 Å². The van der Waals surface area contributed by atoms with Crippen molar-refractivity contribution in [3.05, 3.63) is 103 Å². The van der Waals surface area contributed by atoms with Crippen molar-refractivity contribution >= 4 is 23.8 Å². The largest absolute Gasteiger partial charge is 0.494 e. The van der Waals surface area contributed by atoms with Crippen molar-refractivity contribution in [2.24, 2.45) is 5.10 Å². The Balaban J connectivity index is 1.35. The number of rotatable bonds is 14. The zero-order valence-corrected chi connectivity index (χ0v) is 20.1. The average Bonchev–Trinajstić information content (AvgIpc) is 2.92. The van der Waals surface area contributed by atoms with E-state index in [1.807, 2.05) is 42.5 Å². The normalized spacial score (nSPS) is 10.6. The molecule has 0 fully saturated rings. The van der Waals surface area contributed by atoms with E-state index in [0.29, 0.717) is 30.3 Å². The van der Waals surface area contributed by atoms with E-state index in [-0.39, 0.29) is 5.97 Å². The number of nitrogens with zero attached hydrogens (tertiary/aromatic N) is 1. The first-order valence-corrected chi connectivity index (χ1v) is 11.8. The highest BCUT2D eigenvalue weighted by Crippen LogP contribution is 2.17. The number of carbonyl (C=O) groups is 2. The molecular weight excluding hydrogens is 456 g/mol. The molecular formula is C29H30N2O5. The molecule has 0 atom stereocenters. The maximum absolute atomic E-state index is 12.5. The van der Waals surface area contributed by atoms with Crippen molar-refractivity contribution < 1.29 is 23.8 Å². The van der Waals surface area contributed by atoms with Crippen LogP contribution in [0.25, 0.3) is 0 Å². The summed E-state index contributed by atoms with van der Waals surface area (Å²) in [6, 6.07) is 23.6. The van der Waals surface area contributed by atoms with Crippen molar-refractivity contribution in [1.29, 1.82) is 0 Å². The number of hydrazone groups is 1. The van der Waals surface area contributed by atoms with Gasteiger partial charge in [-0.25, -0.2) is 9.59 Å². The molecule has 0 bridgehead atoms. The van der Waals surface area contributed by atoms with Crippen molar-refractivity contribution in [1.82, 2.24) is 0 Å². The molecule has 186 valence electrons. The Kier molecular flexibility index (Phi) is 10.8. The first-order valence-electron chi connectivity index (χ1n) is 11.8. The fourth-order valence-electron chi connectivity index (χ4n) is 3.15.